The van der Waals surface area contributed by atoms with Crippen molar-refractivity contribution in [3.8, 4) is 0 Å². The molecule has 0 N–H and O–H groups in total. The van der Waals surface area contributed by atoms with Crippen LogP contribution in [0.25, 0.3) is 0 Å². The topological polar surface area (TPSA) is 0 Å². The summed E-state index contributed by atoms with van der Waals surface area (Å²) in [6.45, 7) is 2.02. The summed E-state index contributed by atoms with van der Waals surface area (Å²) in [4.78, 5) is 0. The van der Waals surface area contributed by atoms with Crippen molar-refractivity contribution in [1.29, 1.82) is 0 Å². The van der Waals surface area contributed by atoms with Gasteiger partial charge in [-0.15, -0.1) is 0 Å². The zero-order valence-electron chi connectivity index (χ0n) is 4.24. The lowest BCUT2D eigenvalue weighted by molar-refractivity contribution is 1.42. The van der Waals surface area contributed by atoms with Gasteiger partial charge in [-0.3, -0.25) is 0 Å². The number of halogens is 1. The van der Waals surface area contributed by atoms with E-state index < -0.39 is 0 Å². The minimum absolute atomic E-state index is 0.917. The summed E-state index contributed by atoms with van der Waals surface area (Å²) in [6, 6.07) is 0. The molecule has 1 aliphatic rings. The third-order valence-corrected chi connectivity index (χ3v) is 1.55. The third-order valence-electron chi connectivity index (χ3n) is 1.10. The Morgan fingerprint density at radius 3 is 2.43 bits per heavy atom. The normalized spacial score (nSPS) is 19.1. The highest BCUT2D eigenvalue weighted by Gasteiger charge is 1.98. The van der Waals surface area contributed by atoms with Gasteiger partial charge < -0.3 is 0 Å². The Balaban J connectivity index is 2.78. The SMILES string of the molecule is CC1=CCC=C1Cl. The van der Waals surface area contributed by atoms with E-state index in [0.29, 0.717) is 0 Å². The molecule has 0 radical (unpaired) electrons. The number of allylic oxidation sites excluding steroid dienone is 4. The molecule has 1 rings (SSSR count). The van der Waals surface area contributed by atoms with E-state index in [0.717, 1.165) is 11.5 Å². The van der Waals surface area contributed by atoms with Crippen molar-refractivity contribution in [2.75, 3.05) is 0 Å². The molecule has 38 valence electrons. The van der Waals surface area contributed by atoms with E-state index >= 15 is 0 Å². The summed E-state index contributed by atoms with van der Waals surface area (Å²) in [5.41, 5.74) is 1.21. The van der Waals surface area contributed by atoms with E-state index in [1.807, 2.05) is 13.0 Å². The number of hydrogen-bond acceptors (Lipinski definition) is 0. The Kier molecular flexibility index (Phi) is 1.20. The average molecular weight is 115 g/mol. The van der Waals surface area contributed by atoms with Gasteiger partial charge >= 0.3 is 0 Å². The molecule has 0 unspecified atom stereocenters. The molecule has 0 spiro atoms. The molecule has 1 aliphatic carbocycles. The van der Waals surface area contributed by atoms with Crippen molar-refractivity contribution in [1.82, 2.24) is 0 Å². The Hall–Kier alpha value is -0.230. The summed E-state index contributed by atoms with van der Waals surface area (Å²) in [5, 5.41) is 0.917. The maximum atomic E-state index is 5.66. The van der Waals surface area contributed by atoms with Crippen molar-refractivity contribution in [2.24, 2.45) is 0 Å². The van der Waals surface area contributed by atoms with Gasteiger partial charge in [0, 0.05) is 5.03 Å². The van der Waals surface area contributed by atoms with E-state index in [4.69, 9.17) is 11.6 Å². The molecule has 0 aliphatic heterocycles. The second kappa shape index (κ2) is 1.71. The van der Waals surface area contributed by atoms with Crippen LogP contribution >= 0.6 is 11.6 Å². The first-order valence-corrected chi connectivity index (χ1v) is 2.71. The quantitative estimate of drug-likeness (QED) is 0.454. The first kappa shape index (κ1) is 4.92. The molecule has 0 bridgehead atoms. The van der Waals surface area contributed by atoms with Crippen LogP contribution in [0.2, 0.25) is 0 Å². The Morgan fingerprint density at radius 2 is 2.29 bits per heavy atom. The summed E-state index contributed by atoms with van der Waals surface area (Å²) >= 11 is 5.66. The maximum absolute atomic E-state index is 5.66. The fraction of sp³-hybridized carbons (Fsp3) is 0.333. The molecular formula is C6H7Cl. The monoisotopic (exact) mass is 114 g/mol. The minimum atomic E-state index is 0.917. The van der Waals surface area contributed by atoms with Crippen LogP contribution in [-0.2, 0) is 0 Å². The van der Waals surface area contributed by atoms with Gasteiger partial charge in [-0.2, -0.15) is 0 Å². The van der Waals surface area contributed by atoms with Crippen molar-refractivity contribution in [3.63, 3.8) is 0 Å². The van der Waals surface area contributed by atoms with Crippen LogP contribution in [-0.4, -0.2) is 0 Å². The second-order valence-electron chi connectivity index (χ2n) is 1.67. The molecule has 7 heavy (non-hydrogen) atoms. The van der Waals surface area contributed by atoms with Gasteiger partial charge in [0.25, 0.3) is 0 Å². The fourth-order valence-electron chi connectivity index (χ4n) is 0.598. The predicted octanol–water partition coefficient (Wildman–Crippen LogP) is 2.46. The van der Waals surface area contributed by atoms with Gasteiger partial charge in [0.15, 0.2) is 0 Å². The zero-order chi connectivity index (χ0) is 5.28. The summed E-state index contributed by atoms with van der Waals surface area (Å²) < 4.78 is 0. The molecule has 0 atom stereocenters. The third kappa shape index (κ3) is 0.859. The molecular weight excluding hydrogens is 108 g/mol. The fourth-order valence-corrected chi connectivity index (χ4v) is 0.764. The zero-order valence-corrected chi connectivity index (χ0v) is 5.00. The average Bonchev–Trinajstić information content (AvgIpc) is 1.91. The summed E-state index contributed by atoms with van der Waals surface area (Å²) in [6.07, 6.45) is 5.14. The smallest absolute Gasteiger partial charge is 0.0395 e. The molecule has 0 aromatic carbocycles. The second-order valence-corrected chi connectivity index (χ2v) is 2.08. The lowest BCUT2D eigenvalue weighted by atomic mass is 10.3. The first-order chi connectivity index (χ1) is 3.30. The van der Waals surface area contributed by atoms with Crippen LogP contribution in [0.15, 0.2) is 22.8 Å². The molecule has 0 aromatic rings. The van der Waals surface area contributed by atoms with E-state index in [-0.39, 0.29) is 0 Å². The molecule has 1 heteroatoms. The van der Waals surface area contributed by atoms with E-state index in [2.05, 4.69) is 6.08 Å². The van der Waals surface area contributed by atoms with Crippen molar-refractivity contribution < 1.29 is 0 Å². The Morgan fingerprint density at radius 1 is 1.57 bits per heavy atom. The highest BCUT2D eigenvalue weighted by Crippen LogP contribution is 2.20. The van der Waals surface area contributed by atoms with Crippen LogP contribution in [0.4, 0.5) is 0 Å². The molecule has 0 saturated carbocycles. The van der Waals surface area contributed by atoms with Gasteiger partial charge in [-0.1, -0.05) is 23.8 Å². The van der Waals surface area contributed by atoms with Gasteiger partial charge in [-0.05, 0) is 18.9 Å². The largest absolute Gasteiger partial charge is 0.0844 e. The Labute approximate surface area is 48.5 Å². The number of hydrogen-bond donors (Lipinski definition) is 0. The van der Waals surface area contributed by atoms with E-state index in [9.17, 15) is 0 Å². The van der Waals surface area contributed by atoms with Crippen LogP contribution in [0.3, 0.4) is 0 Å². The number of rotatable bonds is 0. The predicted molar refractivity (Wildman–Crippen MR) is 32.3 cm³/mol. The van der Waals surface area contributed by atoms with E-state index in [1.165, 1.54) is 5.57 Å². The van der Waals surface area contributed by atoms with E-state index in [1.54, 1.807) is 0 Å². The lowest BCUT2D eigenvalue weighted by Gasteiger charge is -1.84. The first-order valence-electron chi connectivity index (χ1n) is 2.33. The highest BCUT2D eigenvalue weighted by atomic mass is 35.5. The maximum Gasteiger partial charge on any atom is 0.0395 e. The van der Waals surface area contributed by atoms with Gasteiger partial charge in [0.2, 0.25) is 0 Å². The van der Waals surface area contributed by atoms with Gasteiger partial charge in [0.05, 0.1) is 0 Å². The molecule has 0 aromatic heterocycles. The highest BCUT2D eigenvalue weighted by molar-refractivity contribution is 6.32. The lowest BCUT2D eigenvalue weighted by Crippen LogP contribution is -1.63. The van der Waals surface area contributed by atoms with Crippen LogP contribution in [0, 0.1) is 0 Å². The molecule has 0 heterocycles. The van der Waals surface area contributed by atoms with Gasteiger partial charge in [0.1, 0.15) is 0 Å². The molecule has 0 amide bonds. The van der Waals surface area contributed by atoms with Crippen molar-refractivity contribution in [3.05, 3.63) is 22.8 Å². The van der Waals surface area contributed by atoms with Crippen molar-refractivity contribution >= 4 is 11.6 Å². The molecule has 0 saturated heterocycles. The minimum Gasteiger partial charge on any atom is -0.0844 e. The standard InChI is InChI=1S/C6H7Cl/c1-5-3-2-4-6(5)7/h3-4H,2H2,1H3. The summed E-state index contributed by atoms with van der Waals surface area (Å²) in [5.74, 6) is 0. The Bertz CT molecular complexity index is 115. The van der Waals surface area contributed by atoms with Crippen LogP contribution in [0.5, 0.6) is 0 Å². The summed E-state index contributed by atoms with van der Waals surface area (Å²) in [7, 11) is 0. The molecule has 0 nitrogen and oxygen atoms in total. The van der Waals surface area contributed by atoms with Crippen LogP contribution < -0.4 is 0 Å². The molecule has 0 fully saturated rings. The van der Waals surface area contributed by atoms with Crippen LogP contribution in [0.1, 0.15) is 13.3 Å². The van der Waals surface area contributed by atoms with Gasteiger partial charge in [-0.25, -0.2) is 0 Å². The van der Waals surface area contributed by atoms with Crippen molar-refractivity contribution in [2.45, 2.75) is 13.3 Å².